The highest BCUT2D eigenvalue weighted by molar-refractivity contribution is 5.74. The molecule has 4 heteroatoms. The summed E-state index contributed by atoms with van der Waals surface area (Å²) in [5, 5.41) is 3.68. The van der Waals surface area contributed by atoms with Crippen molar-refractivity contribution in [1.82, 2.24) is 9.78 Å². The van der Waals surface area contributed by atoms with Gasteiger partial charge in [-0.05, 0) is 6.07 Å². The number of nitrogens with zero attached hydrogens (tertiary/aromatic N) is 2. The molecule has 0 radical (unpaired) electrons. The van der Waals surface area contributed by atoms with Gasteiger partial charge in [0.2, 0.25) is 5.91 Å². The van der Waals surface area contributed by atoms with Gasteiger partial charge in [-0.2, -0.15) is 5.10 Å². The molecule has 0 aromatic carbocycles. The third-order valence-electron chi connectivity index (χ3n) is 1.05. The molecule has 1 aromatic heterocycles. The summed E-state index contributed by atoms with van der Waals surface area (Å²) in [6, 6.07) is 1.71. The van der Waals surface area contributed by atoms with E-state index in [4.69, 9.17) is 6.42 Å². The second kappa shape index (κ2) is 12.4. The lowest BCUT2D eigenvalue weighted by Gasteiger charge is -1.86. The molecule has 1 heterocycles. The van der Waals surface area contributed by atoms with Gasteiger partial charge in [-0.25, -0.2) is 4.68 Å². The average molecular weight is 210 g/mol. The van der Waals surface area contributed by atoms with Crippen molar-refractivity contribution in [3.63, 3.8) is 0 Å². The Bertz CT molecular complexity index is 273. The minimum atomic E-state index is -0.0602. The second-order valence-corrected chi connectivity index (χ2v) is 2.11. The van der Waals surface area contributed by atoms with Crippen molar-refractivity contribution in [1.29, 1.82) is 0 Å². The van der Waals surface area contributed by atoms with Gasteiger partial charge in [0.05, 0.1) is 0 Å². The number of rotatable bonds is 1. The number of hydrogen-bond acceptors (Lipinski definition) is 3. The van der Waals surface area contributed by atoms with Crippen LogP contribution in [0.3, 0.4) is 0 Å². The van der Waals surface area contributed by atoms with Crippen LogP contribution in [-0.2, 0) is 4.74 Å². The molecule has 0 atom stereocenters. The maximum absolute atomic E-state index is 10.4. The van der Waals surface area contributed by atoms with Gasteiger partial charge < -0.3 is 4.74 Å². The minimum absolute atomic E-state index is 0.0602. The molecule has 0 bridgehead atoms. The third-order valence-corrected chi connectivity index (χ3v) is 1.05. The van der Waals surface area contributed by atoms with Crippen LogP contribution in [-0.4, -0.2) is 29.4 Å². The minimum Gasteiger partial charge on any atom is -0.372 e. The van der Waals surface area contributed by atoms with Gasteiger partial charge in [-0.3, -0.25) is 4.79 Å². The summed E-state index contributed by atoms with van der Waals surface area (Å²) in [7, 11) is 1.57. The molecular formula is C11H18N2O2. The van der Waals surface area contributed by atoms with Gasteiger partial charge in [0.1, 0.15) is 6.61 Å². The molecule has 84 valence electrons. The van der Waals surface area contributed by atoms with Crippen LogP contribution in [0.5, 0.6) is 0 Å². The predicted octanol–water partition coefficient (Wildman–Crippen LogP) is 1.84. The summed E-state index contributed by atoms with van der Waals surface area (Å²) in [6.07, 6.45) is 7.95. The number of carbonyl (C=O) groups excluding carboxylic acids is 1. The fourth-order valence-electron chi connectivity index (χ4n) is 0.538. The molecule has 0 spiro atoms. The number of terminal acetylenes is 1. The zero-order valence-electron chi connectivity index (χ0n) is 9.73. The predicted molar refractivity (Wildman–Crippen MR) is 60.6 cm³/mol. The Labute approximate surface area is 91.2 Å². The average Bonchev–Trinajstić information content (AvgIpc) is 2.76. The molecule has 15 heavy (non-hydrogen) atoms. The Balaban J connectivity index is 0. The smallest absolute Gasteiger partial charge is 0.243 e. The van der Waals surface area contributed by atoms with Gasteiger partial charge >= 0.3 is 0 Å². The van der Waals surface area contributed by atoms with E-state index in [-0.39, 0.29) is 5.91 Å². The molecule has 0 amide bonds. The monoisotopic (exact) mass is 210 g/mol. The largest absolute Gasteiger partial charge is 0.372 e. The summed E-state index contributed by atoms with van der Waals surface area (Å²) in [4.78, 5) is 10.4. The molecule has 0 unspecified atom stereocenters. The third kappa shape index (κ3) is 10.3. The molecule has 0 N–H and O–H groups in total. The van der Waals surface area contributed by atoms with E-state index < -0.39 is 0 Å². The maximum Gasteiger partial charge on any atom is 0.243 e. The number of carbonyl (C=O) groups is 1. The molecular weight excluding hydrogens is 192 g/mol. The van der Waals surface area contributed by atoms with Crippen molar-refractivity contribution in [3.8, 4) is 12.3 Å². The zero-order valence-corrected chi connectivity index (χ0v) is 9.73. The van der Waals surface area contributed by atoms with Crippen molar-refractivity contribution < 1.29 is 9.53 Å². The van der Waals surface area contributed by atoms with E-state index in [0.29, 0.717) is 6.61 Å². The Morgan fingerprint density at radius 3 is 2.33 bits per heavy atom. The van der Waals surface area contributed by atoms with Crippen LogP contribution in [0.15, 0.2) is 18.5 Å². The van der Waals surface area contributed by atoms with E-state index in [1.807, 2.05) is 13.8 Å². The molecule has 1 aromatic rings. The first-order valence-electron chi connectivity index (χ1n) is 4.65. The van der Waals surface area contributed by atoms with Gasteiger partial charge in [0, 0.05) is 26.4 Å². The lowest BCUT2D eigenvalue weighted by Crippen LogP contribution is -2.04. The van der Waals surface area contributed by atoms with E-state index in [9.17, 15) is 4.79 Å². The first-order valence-corrected chi connectivity index (χ1v) is 4.65. The van der Waals surface area contributed by atoms with Crippen molar-refractivity contribution in [2.24, 2.45) is 0 Å². The van der Waals surface area contributed by atoms with E-state index in [0.717, 1.165) is 0 Å². The molecule has 0 aliphatic rings. The van der Waals surface area contributed by atoms with E-state index in [1.165, 1.54) is 11.6 Å². The van der Waals surface area contributed by atoms with Gasteiger partial charge in [0.15, 0.2) is 0 Å². The molecule has 0 saturated carbocycles. The highest BCUT2D eigenvalue weighted by Gasteiger charge is 1.90. The summed E-state index contributed by atoms with van der Waals surface area (Å²) >= 11 is 0. The van der Waals surface area contributed by atoms with E-state index >= 15 is 0 Å². The van der Waals surface area contributed by atoms with Crippen LogP contribution in [0.2, 0.25) is 0 Å². The molecule has 4 nitrogen and oxygen atoms in total. The SMILES string of the molecule is C#CCOC.CC.CC(=O)n1cccn1. The number of ether oxygens (including phenoxy) is 1. The summed E-state index contributed by atoms with van der Waals surface area (Å²) in [6.45, 7) is 5.88. The normalized spacial score (nSPS) is 7.40. The van der Waals surface area contributed by atoms with Gasteiger partial charge in [0.25, 0.3) is 0 Å². The van der Waals surface area contributed by atoms with Crippen LogP contribution < -0.4 is 0 Å². The molecule has 0 saturated heterocycles. The molecule has 0 fully saturated rings. The standard InChI is InChI=1S/C5H6N2O.C4H6O.C2H6/c1-5(8)7-4-2-3-6-7;1-3-4-5-2;1-2/h2-4H,1H3;1H,4H2,2H3;1-2H3. The van der Waals surface area contributed by atoms with Crippen LogP contribution in [0, 0.1) is 12.3 Å². The van der Waals surface area contributed by atoms with Crippen LogP contribution in [0.1, 0.15) is 25.6 Å². The fourth-order valence-corrected chi connectivity index (χ4v) is 0.538. The number of aromatic nitrogens is 2. The summed E-state index contributed by atoms with van der Waals surface area (Å²) < 4.78 is 5.73. The Morgan fingerprint density at radius 1 is 1.60 bits per heavy atom. The maximum atomic E-state index is 10.4. The van der Waals surface area contributed by atoms with Crippen LogP contribution in [0.4, 0.5) is 0 Å². The van der Waals surface area contributed by atoms with E-state index in [2.05, 4.69) is 15.8 Å². The van der Waals surface area contributed by atoms with E-state index in [1.54, 1.807) is 25.6 Å². The van der Waals surface area contributed by atoms with Crippen molar-refractivity contribution in [3.05, 3.63) is 18.5 Å². The topological polar surface area (TPSA) is 44.1 Å². The van der Waals surface area contributed by atoms with Gasteiger partial charge in [-0.15, -0.1) is 6.42 Å². The van der Waals surface area contributed by atoms with Crippen molar-refractivity contribution in [2.75, 3.05) is 13.7 Å². The lowest BCUT2D eigenvalue weighted by atomic mass is 10.7. The lowest BCUT2D eigenvalue weighted by molar-refractivity contribution is 0.0921. The van der Waals surface area contributed by atoms with Crippen LogP contribution in [0.25, 0.3) is 0 Å². The van der Waals surface area contributed by atoms with Crippen LogP contribution >= 0.6 is 0 Å². The Kier molecular flexibility index (Phi) is 13.1. The summed E-state index contributed by atoms with van der Waals surface area (Å²) in [5.74, 6) is 2.23. The second-order valence-electron chi connectivity index (χ2n) is 2.11. The van der Waals surface area contributed by atoms with Crippen molar-refractivity contribution in [2.45, 2.75) is 20.8 Å². The van der Waals surface area contributed by atoms with Gasteiger partial charge in [-0.1, -0.05) is 19.8 Å². The highest BCUT2D eigenvalue weighted by atomic mass is 16.5. The first kappa shape index (κ1) is 15.9. The number of methoxy groups -OCH3 is 1. The fraction of sp³-hybridized carbons (Fsp3) is 0.455. The molecule has 0 aliphatic heterocycles. The zero-order chi connectivity index (χ0) is 12.1. The van der Waals surface area contributed by atoms with Crippen molar-refractivity contribution >= 4 is 5.91 Å². The number of hydrogen-bond donors (Lipinski definition) is 0. The first-order chi connectivity index (χ1) is 7.22. The Morgan fingerprint density at radius 2 is 2.20 bits per heavy atom. The highest BCUT2D eigenvalue weighted by Crippen LogP contribution is 1.81. The quantitative estimate of drug-likeness (QED) is 0.664. The summed E-state index contributed by atoms with van der Waals surface area (Å²) in [5.41, 5.74) is 0. The molecule has 1 rings (SSSR count). The Hall–Kier alpha value is -1.60. The molecule has 0 aliphatic carbocycles.